The molecular formula is C21H20N6O2. The Labute approximate surface area is 167 Å². The number of hydrogen-bond acceptors (Lipinski definition) is 7. The molecule has 146 valence electrons. The number of ketones is 1. The van der Waals surface area contributed by atoms with E-state index in [2.05, 4.69) is 43.1 Å². The number of aromatic amines is 1. The first kappa shape index (κ1) is 17.7. The first-order chi connectivity index (χ1) is 14.3. The van der Waals surface area contributed by atoms with Crippen molar-refractivity contribution in [1.29, 1.82) is 0 Å². The van der Waals surface area contributed by atoms with Gasteiger partial charge in [-0.05, 0) is 24.2 Å². The monoisotopic (exact) mass is 388 g/mol. The number of H-pyrrole nitrogens is 1. The number of benzene rings is 2. The summed E-state index contributed by atoms with van der Waals surface area (Å²) in [5, 5.41) is 10.2. The minimum atomic E-state index is -0.404. The van der Waals surface area contributed by atoms with Gasteiger partial charge in [-0.2, -0.15) is 5.10 Å². The third kappa shape index (κ3) is 3.02. The molecule has 2 aliphatic heterocycles. The molecule has 29 heavy (non-hydrogen) atoms. The highest BCUT2D eigenvalue weighted by atomic mass is 16.7. The molecule has 0 aliphatic carbocycles. The van der Waals surface area contributed by atoms with Gasteiger partial charge in [-0.15, -0.1) is 0 Å². The van der Waals surface area contributed by atoms with Crippen molar-refractivity contribution in [1.82, 2.24) is 20.5 Å². The van der Waals surface area contributed by atoms with Crippen LogP contribution in [0.3, 0.4) is 0 Å². The van der Waals surface area contributed by atoms with E-state index < -0.39 is 6.10 Å². The number of Topliss-reactive ketones (excluding diaryl/α,β-unsaturated/α-hetero) is 1. The van der Waals surface area contributed by atoms with Crippen molar-refractivity contribution >= 4 is 17.2 Å². The van der Waals surface area contributed by atoms with Gasteiger partial charge in [0.1, 0.15) is 24.8 Å². The van der Waals surface area contributed by atoms with Crippen LogP contribution in [0.2, 0.25) is 0 Å². The Bertz CT molecular complexity index is 1080. The van der Waals surface area contributed by atoms with Crippen LogP contribution in [-0.4, -0.2) is 40.3 Å². The summed E-state index contributed by atoms with van der Waals surface area (Å²) in [6.45, 7) is 0.906. The molecule has 0 saturated heterocycles. The maximum Gasteiger partial charge on any atom is 0.184 e. The molecule has 2 atom stereocenters. The number of carbonyl (C=O) groups is 1. The Kier molecular flexibility index (Phi) is 4.42. The van der Waals surface area contributed by atoms with Crippen LogP contribution >= 0.6 is 0 Å². The smallest absolute Gasteiger partial charge is 0.184 e. The molecule has 0 amide bonds. The van der Waals surface area contributed by atoms with E-state index >= 15 is 0 Å². The number of anilines is 1. The normalized spacial score (nSPS) is 20.4. The molecule has 2 unspecified atom stereocenters. The van der Waals surface area contributed by atoms with E-state index in [-0.39, 0.29) is 18.2 Å². The zero-order valence-electron chi connectivity index (χ0n) is 15.8. The molecule has 0 radical (unpaired) electrons. The average molecular weight is 388 g/mol. The van der Waals surface area contributed by atoms with E-state index in [1.807, 2.05) is 37.4 Å². The Hall–Kier alpha value is -3.36. The van der Waals surface area contributed by atoms with Gasteiger partial charge in [0.25, 0.3) is 0 Å². The molecule has 3 heterocycles. The van der Waals surface area contributed by atoms with Crippen LogP contribution in [0.25, 0.3) is 0 Å². The highest BCUT2D eigenvalue weighted by Gasteiger charge is 2.40. The van der Waals surface area contributed by atoms with Gasteiger partial charge in [-0.25, -0.2) is 4.98 Å². The summed E-state index contributed by atoms with van der Waals surface area (Å²) in [5.41, 5.74) is 8.15. The van der Waals surface area contributed by atoms with Gasteiger partial charge in [0, 0.05) is 17.7 Å². The average Bonchev–Trinajstić information content (AvgIpc) is 3.22. The van der Waals surface area contributed by atoms with Crippen LogP contribution in [0, 0.1) is 0 Å². The third-order valence-corrected chi connectivity index (χ3v) is 5.32. The summed E-state index contributed by atoms with van der Waals surface area (Å²) >= 11 is 0. The van der Waals surface area contributed by atoms with Crippen LogP contribution in [-0.2, 0) is 11.4 Å². The molecular weight excluding hydrogens is 368 g/mol. The fourth-order valence-corrected chi connectivity index (χ4v) is 3.99. The summed E-state index contributed by atoms with van der Waals surface area (Å²) in [6, 6.07) is 13.8. The van der Waals surface area contributed by atoms with Gasteiger partial charge in [0.2, 0.25) is 0 Å². The lowest BCUT2D eigenvalue weighted by atomic mass is 9.83. The van der Waals surface area contributed by atoms with Crippen LogP contribution < -0.4 is 10.8 Å². The van der Waals surface area contributed by atoms with E-state index in [1.165, 1.54) is 11.9 Å². The Balaban J connectivity index is 1.65. The molecule has 8 nitrogen and oxygen atoms in total. The van der Waals surface area contributed by atoms with Crippen molar-refractivity contribution in [2.75, 3.05) is 19.1 Å². The molecule has 0 fully saturated rings. The van der Waals surface area contributed by atoms with E-state index in [0.29, 0.717) is 11.4 Å². The number of hydrogen-bond donors (Lipinski definition) is 3. The van der Waals surface area contributed by atoms with Gasteiger partial charge in [-0.3, -0.25) is 25.2 Å². The summed E-state index contributed by atoms with van der Waals surface area (Å²) in [6.07, 6.45) is 1.07. The van der Waals surface area contributed by atoms with Crippen molar-refractivity contribution in [3.05, 3.63) is 76.9 Å². The van der Waals surface area contributed by atoms with Crippen LogP contribution in [0.5, 0.6) is 0 Å². The second-order valence-corrected chi connectivity index (χ2v) is 7.11. The molecule has 3 N–H and O–H groups in total. The van der Waals surface area contributed by atoms with Crippen LogP contribution in [0.4, 0.5) is 5.69 Å². The molecule has 2 aliphatic rings. The second-order valence-electron chi connectivity index (χ2n) is 7.11. The van der Waals surface area contributed by atoms with E-state index in [1.54, 1.807) is 0 Å². The standard InChI is InChI=1S/C21H20N6O2/c1-22-9-12-5-7-13(8-6-12)20-18(21-24-11-25-26-21)19-17-14(16(28)10-23-19)3-2-4-15(17)27-29-20/h2-8,11,18,20,22,27H,9-10H2,1H3,(H,24,25,26). The van der Waals surface area contributed by atoms with Crippen molar-refractivity contribution in [2.24, 2.45) is 4.99 Å². The molecule has 0 bridgehead atoms. The number of rotatable bonds is 4. The lowest BCUT2D eigenvalue weighted by Crippen LogP contribution is -2.28. The topological polar surface area (TPSA) is 104 Å². The predicted octanol–water partition coefficient (Wildman–Crippen LogP) is 2.39. The minimum absolute atomic E-state index is 0.00131. The Morgan fingerprint density at radius 2 is 2.07 bits per heavy atom. The number of aliphatic imine (C=N–C) groups is 1. The summed E-state index contributed by atoms with van der Waals surface area (Å²) < 4.78 is 0. The molecule has 1 aromatic heterocycles. The first-order valence-corrected chi connectivity index (χ1v) is 9.47. The molecule has 3 aromatic rings. The summed E-state index contributed by atoms with van der Waals surface area (Å²) in [4.78, 5) is 27.7. The largest absolute Gasteiger partial charge is 0.316 e. The van der Waals surface area contributed by atoms with E-state index in [9.17, 15) is 4.79 Å². The van der Waals surface area contributed by atoms with E-state index in [0.717, 1.165) is 29.1 Å². The molecule has 8 heteroatoms. The van der Waals surface area contributed by atoms with Gasteiger partial charge in [0.05, 0.1) is 17.3 Å². The lowest BCUT2D eigenvalue weighted by molar-refractivity contribution is 0.0930. The number of carbonyl (C=O) groups excluding carboxylic acids is 1. The molecule has 5 rings (SSSR count). The maximum atomic E-state index is 12.5. The van der Waals surface area contributed by atoms with Gasteiger partial charge < -0.3 is 5.32 Å². The fourth-order valence-electron chi connectivity index (χ4n) is 3.99. The highest BCUT2D eigenvalue weighted by molar-refractivity contribution is 6.20. The van der Waals surface area contributed by atoms with Gasteiger partial charge >= 0.3 is 0 Å². The highest BCUT2D eigenvalue weighted by Crippen LogP contribution is 2.42. The van der Waals surface area contributed by atoms with Crippen molar-refractivity contribution in [3.63, 3.8) is 0 Å². The zero-order valence-corrected chi connectivity index (χ0v) is 15.8. The summed E-state index contributed by atoms with van der Waals surface area (Å²) in [5.74, 6) is 0.307. The maximum absolute atomic E-state index is 12.5. The van der Waals surface area contributed by atoms with Crippen molar-refractivity contribution in [3.8, 4) is 0 Å². The van der Waals surface area contributed by atoms with Gasteiger partial charge in [0.15, 0.2) is 5.78 Å². The van der Waals surface area contributed by atoms with Crippen LogP contribution in [0.15, 0.2) is 53.8 Å². The fraction of sp³-hybridized carbons (Fsp3) is 0.238. The second kappa shape index (κ2) is 7.23. The predicted molar refractivity (Wildman–Crippen MR) is 108 cm³/mol. The zero-order chi connectivity index (χ0) is 19.8. The minimum Gasteiger partial charge on any atom is -0.316 e. The lowest BCUT2D eigenvalue weighted by Gasteiger charge is -2.25. The Morgan fingerprint density at radius 1 is 1.21 bits per heavy atom. The SMILES string of the molecule is CNCc1ccc(C2ONc3cccc4c3C(=NCC4=O)C2c2ncn[nH]2)cc1. The molecule has 0 saturated carbocycles. The first-order valence-electron chi connectivity index (χ1n) is 9.47. The quantitative estimate of drug-likeness (QED) is 0.634. The van der Waals surface area contributed by atoms with Crippen molar-refractivity contribution < 1.29 is 9.63 Å². The molecule has 2 aromatic carbocycles. The van der Waals surface area contributed by atoms with Gasteiger partial charge in [-0.1, -0.05) is 36.4 Å². The van der Waals surface area contributed by atoms with E-state index in [4.69, 9.17) is 4.84 Å². The van der Waals surface area contributed by atoms with Crippen molar-refractivity contribution in [2.45, 2.75) is 18.6 Å². The number of nitrogens with zero attached hydrogens (tertiary/aromatic N) is 3. The Morgan fingerprint density at radius 3 is 2.83 bits per heavy atom. The molecule has 0 spiro atoms. The summed E-state index contributed by atoms with van der Waals surface area (Å²) in [7, 11) is 1.92. The van der Waals surface area contributed by atoms with Crippen LogP contribution in [0.1, 0.15) is 44.9 Å². The third-order valence-electron chi connectivity index (χ3n) is 5.32. The number of nitrogens with one attached hydrogen (secondary N) is 3. The number of aromatic nitrogens is 3.